The first kappa shape index (κ1) is 17.7. The minimum absolute atomic E-state index is 0.257. The highest BCUT2D eigenvalue weighted by Crippen LogP contribution is 2.36. The molecule has 0 saturated heterocycles. The van der Waals surface area contributed by atoms with E-state index in [1.165, 1.54) is 20.3 Å². The number of methoxy groups -OCH3 is 2. The van der Waals surface area contributed by atoms with Crippen LogP contribution in [0.4, 0.5) is 5.69 Å². The van der Waals surface area contributed by atoms with E-state index >= 15 is 0 Å². The summed E-state index contributed by atoms with van der Waals surface area (Å²) in [7, 11) is 4.82. The van der Waals surface area contributed by atoms with Crippen molar-refractivity contribution >= 4 is 29.3 Å². The van der Waals surface area contributed by atoms with Crippen molar-refractivity contribution in [2.45, 2.75) is 0 Å². The normalized spacial score (nSPS) is 10.5. The van der Waals surface area contributed by atoms with Gasteiger partial charge in [-0.15, -0.1) is 0 Å². The standard InChI is InChI=1S/C18H19ClN2O3/c1-21(14-7-5-4-6-8-14)20-17(22)10-9-13-11-15(19)18(24-3)16(12-13)23-2/h4-12H,1-3H3,(H,20,22)/b10-9+. The number of benzene rings is 2. The lowest BCUT2D eigenvalue weighted by molar-refractivity contribution is -0.116. The van der Waals surface area contributed by atoms with E-state index in [-0.39, 0.29) is 5.91 Å². The highest BCUT2D eigenvalue weighted by atomic mass is 35.5. The topological polar surface area (TPSA) is 50.8 Å². The molecule has 126 valence electrons. The molecule has 0 radical (unpaired) electrons. The average molecular weight is 347 g/mol. The van der Waals surface area contributed by atoms with E-state index in [9.17, 15) is 4.79 Å². The first-order valence-corrected chi connectivity index (χ1v) is 7.62. The Labute approximate surface area is 146 Å². The Bertz CT molecular complexity index is 733. The first-order valence-electron chi connectivity index (χ1n) is 7.24. The van der Waals surface area contributed by atoms with Crippen molar-refractivity contribution in [2.24, 2.45) is 0 Å². The second kappa shape index (κ2) is 8.26. The molecule has 24 heavy (non-hydrogen) atoms. The van der Waals surface area contributed by atoms with Gasteiger partial charge in [-0.25, -0.2) is 0 Å². The molecule has 0 fully saturated rings. The van der Waals surface area contributed by atoms with Gasteiger partial charge >= 0.3 is 0 Å². The van der Waals surface area contributed by atoms with E-state index in [0.717, 1.165) is 11.3 Å². The van der Waals surface area contributed by atoms with E-state index in [0.29, 0.717) is 16.5 Å². The number of carbonyl (C=O) groups excluding carboxylic acids is 1. The number of ether oxygens (including phenoxy) is 2. The number of carbonyl (C=O) groups is 1. The van der Waals surface area contributed by atoms with Gasteiger partial charge in [-0.3, -0.25) is 15.2 Å². The fraction of sp³-hybridized carbons (Fsp3) is 0.167. The van der Waals surface area contributed by atoms with Gasteiger partial charge in [0.25, 0.3) is 5.91 Å². The summed E-state index contributed by atoms with van der Waals surface area (Å²) < 4.78 is 10.4. The Morgan fingerprint density at radius 3 is 2.50 bits per heavy atom. The van der Waals surface area contributed by atoms with Crippen molar-refractivity contribution in [2.75, 3.05) is 26.3 Å². The monoisotopic (exact) mass is 346 g/mol. The van der Waals surface area contributed by atoms with Crippen LogP contribution < -0.4 is 19.9 Å². The van der Waals surface area contributed by atoms with Crippen LogP contribution in [0.5, 0.6) is 11.5 Å². The number of hydrazine groups is 1. The predicted octanol–water partition coefficient (Wildman–Crippen LogP) is 3.54. The first-order chi connectivity index (χ1) is 11.5. The van der Waals surface area contributed by atoms with Crippen LogP contribution in [0.15, 0.2) is 48.5 Å². The molecule has 2 rings (SSSR count). The number of hydrogen-bond acceptors (Lipinski definition) is 4. The lowest BCUT2D eigenvalue weighted by Gasteiger charge is -2.19. The van der Waals surface area contributed by atoms with Gasteiger partial charge in [-0.05, 0) is 35.9 Å². The largest absolute Gasteiger partial charge is 0.493 e. The molecule has 0 saturated carbocycles. The number of anilines is 1. The van der Waals surface area contributed by atoms with Crippen LogP contribution in [-0.4, -0.2) is 27.2 Å². The van der Waals surface area contributed by atoms with Crippen molar-refractivity contribution in [1.29, 1.82) is 0 Å². The average Bonchev–Trinajstić information content (AvgIpc) is 2.60. The van der Waals surface area contributed by atoms with Gasteiger partial charge in [-0.2, -0.15) is 0 Å². The van der Waals surface area contributed by atoms with Gasteiger partial charge in [0.1, 0.15) is 0 Å². The minimum Gasteiger partial charge on any atom is -0.493 e. The Kier molecular flexibility index (Phi) is 6.09. The van der Waals surface area contributed by atoms with E-state index < -0.39 is 0 Å². The summed E-state index contributed by atoms with van der Waals surface area (Å²) in [5.74, 6) is 0.711. The lowest BCUT2D eigenvalue weighted by Crippen LogP contribution is -2.38. The number of hydrogen-bond donors (Lipinski definition) is 1. The zero-order valence-corrected chi connectivity index (χ0v) is 14.5. The van der Waals surface area contributed by atoms with Crippen molar-refractivity contribution < 1.29 is 14.3 Å². The van der Waals surface area contributed by atoms with E-state index in [1.54, 1.807) is 30.3 Å². The number of rotatable bonds is 6. The van der Waals surface area contributed by atoms with E-state index in [1.807, 2.05) is 30.3 Å². The smallest absolute Gasteiger partial charge is 0.262 e. The SMILES string of the molecule is COc1cc(/C=C/C(=O)NN(C)c2ccccc2)cc(Cl)c1OC. The molecule has 0 aliphatic carbocycles. The Balaban J connectivity index is 2.07. The summed E-state index contributed by atoms with van der Waals surface area (Å²) in [6.45, 7) is 0. The summed E-state index contributed by atoms with van der Waals surface area (Å²) in [4.78, 5) is 12.0. The van der Waals surface area contributed by atoms with Crippen LogP contribution in [0.3, 0.4) is 0 Å². The number of nitrogens with zero attached hydrogens (tertiary/aromatic N) is 1. The molecule has 0 aromatic heterocycles. The zero-order chi connectivity index (χ0) is 17.5. The molecule has 0 atom stereocenters. The summed E-state index contributed by atoms with van der Waals surface area (Å²) in [6.07, 6.45) is 3.08. The molecule has 0 spiro atoms. The van der Waals surface area contributed by atoms with Crippen molar-refractivity contribution in [1.82, 2.24) is 5.43 Å². The van der Waals surface area contributed by atoms with E-state index in [4.69, 9.17) is 21.1 Å². The molecule has 2 aromatic carbocycles. The maximum Gasteiger partial charge on any atom is 0.262 e. The zero-order valence-electron chi connectivity index (χ0n) is 13.7. The van der Waals surface area contributed by atoms with Crippen LogP contribution in [0.2, 0.25) is 5.02 Å². The fourth-order valence-corrected chi connectivity index (χ4v) is 2.42. The third kappa shape index (κ3) is 4.43. The predicted molar refractivity (Wildman–Crippen MR) is 96.6 cm³/mol. The van der Waals surface area contributed by atoms with Crippen molar-refractivity contribution in [3.8, 4) is 11.5 Å². The number of halogens is 1. The molecule has 1 amide bonds. The number of amides is 1. The third-order valence-electron chi connectivity index (χ3n) is 3.30. The van der Waals surface area contributed by atoms with Gasteiger partial charge in [0.05, 0.1) is 24.9 Å². The molecule has 0 aliphatic rings. The molecule has 0 aliphatic heterocycles. The number of para-hydroxylation sites is 1. The van der Waals surface area contributed by atoms with Gasteiger partial charge in [0.2, 0.25) is 0 Å². The Morgan fingerprint density at radius 1 is 1.17 bits per heavy atom. The quantitative estimate of drug-likeness (QED) is 0.642. The molecule has 1 N–H and O–H groups in total. The maximum absolute atomic E-state index is 12.0. The molecule has 2 aromatic rings. The van der Waals surface area contributed by atoms with Crippen LogP contribution in [0.25, 0.3) is 6.08 Å². The van der Waals surface area contributed by atoms with Gasteiger partial charge < -0.3 is 9.47 Å². The molecule has 0 bridgehead atoms. The summed E-state index contributed by atoms with van der Waals surface area (Å²) in [6, 6.07) is 13.0. The summed E-state index contributed by atoms with van der Waals surface area (Å²) >= 11 is 6.15. The van der Waals surface area contributed by atoms with Crippen LogP contribution in [0, 0.1) is 0 Å². The van der Waals surface area contributed by atoms with E-state index in [2.05, 4.69) is 5.43 Å². The van der Waals surface area contributed by atoms with Crippen molar-refractivity contribution in [3.05, 3.63) is 59.1 Å². The minimum atomic E-state index is -0.257. The second-order valence-electron chi connectivity index (χ2n) is 4.94. The van der Waals surface area contributed by atoms with Gasteiger partial charge in [0, 0.05) is 13.1 Å². The maximum atomic E-state index is 12.0. The van der Waals surface area contributed by atoms with Gasteiger partial charge in [-0.1, -0.05) is 29.8 Å². The highest BCUT2D eigenvalue weighted by Gasteiger charge is 2.10. The lowest BCUT2D eigenvalue weighted by atomic mass is 10.2. The van der Waals surface area contributed by atoms with Crippen LogP contribution in [0.1, 0.15) is 5.56 Å². The third-order valence-corrected chi connectivity index (χ3v) is 3.59. The molecule has 0 unspecified atom stereocenters. The Hall–Kier alpha value is -2.66. The summed E-state index contributed by atoms with van der Waals surface area (Å²) in [5.41, 5.74) is 4.37. The van der Waals surface area contributed by atoms with Gasteiger partial charge in [0.15, 0.2) is 11.5 Å². The second-order valence-corrected chi connectivity index (χ2v) is 5.35. The fourth-order valence-electron chi connectivity index (χ4n) is 2.12. The van der Waals surface area contributed by atoms with Crippen LogP contribution >= 0.6 is 11.6 Å². The molecule has 6 heteroatoms. The molecule has 0 heterocycles. The summed E-state index contributed by atoms with van der Waals surface area (Å²) in [5, 5.41) is 2.06. The number of nitrogens with one attached hydrogen (secondary N) is 1. The van der Waals surface area contributed by atoms with Crippen molar-refractivity contribution in [3.63, 3.8) is 0 Å². The highest BCUT2D eigenvalue weighted by molar-refractivity contribution is 6.32. The Morgan fingerprint density at radius 2 is 1.88 bits per heavy atom. The molecular weight excluding hydrogens is 328 g/mol. The van der Waals surface area contributed by atoms with Crippen LogP contribution in [-0.2, 0) is 4.79 Å². The molecular formula is C18H19ClN2O3. The molecule has 5 nitrogen and oxygen atoms in total.